The lowest BCUT2D eigenvalue weighted by atomic mass is 9.99. The van der Waals surface area contributed by atoms with Crippen molar-refractivity contribution in [1.82, 2.24) is 10.2 Å². The van der Waals surface area contributed by atoms with Crippen molar-refractivity contribution in [2.75, 3.05) is 27.3 Å². The van der Waals surface area contributed by atoms with E-state index in [9.17, 15) is 9.59 Å². The number of benzene rings is 1. The van der Waals surface area contributed by atoms with Crippen LogP contribution in [-0.4, -0.2) is 44.0 Å². The Morgan fingerprint density at radius 2 is 1.80 bits per heavy atom. The van der Waals surface area contributed by atoms with Crippen LogP contribution in [0.3, 0.4) is 0 Å². The van der Waals surface area contributed by atoms with Gasteiger partial charge >= 0.3 is 0 Å². The third-order valence-corrected chi connectivity index (χ3v) is 4.33. The molecule has 1 aliphatic rings. The monoisotopic (exact) mass is 346 g/mol. The van der Waals surface area contributed by atoms with Crippen LogP contribution in [0.15, 0.2) is 23.9 Å². The summed E-state index contributed by atoms with van der Waals surface area (Å²) in [6.07, 6.45) is 3.63. The first-order chi connectivity index (χ1) is 11.9. The highest BCUT2D eigenvalue weighted by Crippen LogP contribution is 2.28. The third kappa shape index (κ3) is 4.98. The number of nitrogens with zero attached hydrogens (tertiary/aromatic N) is 1. The van der Waals surface area contributed by atoms with Crippen LogP contribution < -0.4 is 14.8 Å². The lowest BCUT2D eigenvalue weighted by Crippen LogP contribution is -2.42. The molecular weight excluding hydrogens is 320 g/mol. The first-order valence-electron chi connectivity index (χ1n) is 8.45. The van der Waals surface area contributed by atoms with E-state index in [0.29, 0.717) is 30.5 Å². The number of hydrogen-bond donors (Lipinski definition) is 1. The maximum atomic E-state index is 12.8. The largest absolute Gasteiger partial charge is 0.493 e. The minimum atomic E-state index is -0.273. The van der Waals surface area contributed by atoms with Gasteiger partial charge in [-0.2, -0.15) is 0 Å². The van der Waals surface area contributed by atoms with E-state index in [4.69, 9.17) is 9.47 Å². The number of carbonyl (C=O) groups excluding carboxylic acids is 2. The number of rotatable bonds is 5. The molecule has 0 saturated carbocycles. The van der Waals surface area contributed by atoms with Gasteiger partial charge in [0.2, 0.25) is 5.91 Å². The van der Waals surface area contributed by atoms with Gasteiger partial charge in [-0.15, -0.1) is 0 Å². The van der Waals surface area contributed by atoms with Gasteiger partial charge in [-0.25, -0.2) is 0 Å². The van der Waals surface area contributed by atoms with Crippen molar-refractivity contribution in [3.63, 3.8) is 0 Å². The zero-order chi connectivity index (χ0) is 18.4. The summed E-state index contributed by atoms with van der Waals surface area (Å²) in [5.74, 6) is 1.38. The van der Waals surface area contributed by atoms with Crippen LogP contribution in [0.1, 0.15) is 32.3 Å². The Balaban J connectivity index is 2.28. The first kappa shape index (κ1) is 18.8. The highest BCUT2D eigenvalue weighted by Gasteiger charge is 2.23. The SMILES string of the molecule is COc1ccc(/C=C(\NC(C)=O)C(=O)N2CCC(C)CC2)cc1OC. The molecule has 1 heterocycles. The van der Waals surface area contributed by atoms with Crippen LogP contribution in [-0.2, 0) is 9.59 Å². The van der Waals surface area contributed by atoms with Gasteiger partial charge in [0.1, 0.15) is 5.70 Å². The fourth-order valence-electron chi connectivity index (χ4n) is 2.83. The minimum Gasteiger partial charge on any atom is -0.493 e. The van der Waals surface area contributed by atoms with Gasteiger partial charge in [0.15, 0.2) is 11.5 Å². The summed E-state index contributed by atoms with van der Waals surface area (Å²) in [5, 5.41) is 2.66. The fraction of sp³-hybridized carbons (Fsp3) is 0.474. The molecule has 1 aliphatic heterocycles. The molecule has 0 aliphatic carbocycles. The van der Waals surface area contributed by atoms with E-state index < -0.39 is 0 Å². The van der Waals surface area contributed by atoms with Crippen LogP contribution in [0.5, 0.6) is 11.5 Å². The standard InChI is InChI=1S/C19H26N2O4/c1-13-7-9-21(10-8-13)19(23)16(20-14(2)22)11-15-5-6-17(24-3)18(12-15)25-4/h5-6,11-13H,7-10H2,1-4H3,(H,20,22)/b16-11-. The number of nitrogens with one attached hydrogen (secondary N) is 1. The Labute approximate surface area is 148 Å². The van der Waals surface area contributed by atoms with Crippen molar-refractivity contribution in [2.45, 2.75) is 26.7 Å². The van der Waals surface area contributed by atoms with Crippen molar-refractivity contribution in [3.05, 3.63) is 29.5 Å². The molecule has 1 aromatic rings. The second-order valence-corrected chi connectivity index (χ2v) is 6.33. The van der Waals surface area contributed by atoms with Crippen molar-refractivity contribution < 1.29 is 19.1 Å². The Hall–Kier alpha value is -2.50. The predicted octanol–water partition coefficient (Wildman–Crippen LogP) is 2.44. The summed E-state index contributed by atoms with van der Waals surface area (Å²) >= 11 is 0. The molecule has 0 aromatic heterocycles. The molecule has 0 unspecified atom stereocenters. The number of methoxy groups -OCH3 is 2. The number of piperidine rings is 1. The summed E-state index contributed by atoms with van der Waals surface area (Å²) < 4.78 is 10.5. The quantitative estimate of drug-likeness (QED) is 0.832. The van der Waals surface area contributed by atoms with Crippen molar-refractivity contribution in [2.24, 2.45) is 5.92 Å². The van der Waals surface area contributed by atoms with Gasteiger partial charge in [-0.05, 0) is 42.5 Å². The molecule has 1 saturated heterocycles. The summed E-state index contributed by atoms with van der Waals surface area (Å²) in [4.78, 5) is 26.1. The lowest BCUT2D eigenvalue weighted by Gasteiger charge is -2.31. The Morgan fingerprint density at radius 3 is 2.36 bits per heavy atom. The molecule has 25 heavy (non-hydrogen) atoms. The Bertz CT molecular complexity index is 661. The van der Waals surface area contributed by atoms with Gasteiger partial charge in [-0.1, -0.05) is 13.0 Å². The maximum Gasteiger partial charge on any atom is 0.270 e. The second-order valence-electron chi connectivity index (χ2n) is 6.33. The minimum absolute atomic E-state index is 0.156. The zero-order valence-corrected chi connectivity index (χ0v) is 15.3. The van der Waals surface area contributed by atoms with Crippen molar-refractivity contribution in [1.29, 1.82) is 0 Å². The van der Waals surface area contributed by atoms with Gasteiger partial charge in [0.25, 0.3) is 5.91 Å². The molecular formula is C19H26N2O4. The average molecular weight is 346 g/mol. The van der Waals surface area contributed by atoms with Crippen molar-refractivity contribution >= 4 is 17.9 Å². The predicted molar refractivity (Wildman–Crippen MR) is 96.3 cm³/mol. The van der Waals surface area contributed by atoms with E-state index in [-0.39, 0.29) is 17.5 Å². The Morgan fingerprint density at radius 1 is 1.16 bits per heavy atom. The molecule has 1 aromatic carbocycles. The van der Waals surface area contributed by atoms with Gasteiger partial charge in [-0.3, -0.25) is 9.59 Å². The van der Waals surface area contributed by atoms with Gasteiger partial charge < -0.3 is 19.7 Å². The highest BCUT2D eigenvalue weighted by molar-refractivity contribution is 6.01. The topological polar surface area (TPSA) is 67.9 Å². The van der Waals surface area contributed by atoms with Crippen LogP contribution >= 0.6 is 0 Å². The average Bonchev–Trinajstić information content (AvgIpc) is 2.60. The molecule has 2 amide bonds. The van der Waals surface area contributed by atoms with Crippen LogP contribution in [0.2, 0.25) is 0 Å². The summed E-state index contributed by atoms with van der Waals surface area (Å²) in [7, 11) is 3.12. The van der Waals surface area contributed by atoms with E-state index in [0.717, 1.165) is 18.4 Å². The van der Waals surface area contributed by atoms with E-state index in [1.807, 2.05) is 6.07 Å². The Kier molecular flexibility index (Phi) is 6.44. The van der Waals surface area contributed by atoms with E-state index >= 15 is 0 Å². The molecule has 6 heteroatoms. The van der Waals surface area contributed by atoms with Crippen LogP contribution in [0.4, 0.5) is 0 Å². The third-order valence-electron chi connectivity index (χ3n) is 4.33. The number of ether oxygens (including phenoxy) is 2. The summed E-state index contributed by atoms with van der Waals surface area (Å²) in [5.41, 5.74) is 1.02. The molecule has 136 valence electrons. The number of likely N-dealkylation sites (tertiary alicyclic amines) is 1. The fourth-order valence-corrected chi connectivity index (χ4v) is 2.83. The normalized spacial score (nSPS) is 15.7. The van der Waals surface area contributed by atoms with E-state index in [1.165, 1.54) is 6.92 Å². The molecule has 0 atom stereocenters. The lowest BCUT2D eigenvalue weighted by molar-refractivity contribution is -0.130. The number of amides is 2. The summed E-state index contributed by atoms with van der Waals surface area (Å²) in [6.45, 7) is 5.01. The smallest absolute Gasteiger partial charge is 0.270 e. The van der Waals surface area contributed by atoms with E-state index in [1.54, 1.807) is 37.3 Å². The molecule has 0 bridgehead atoms. The molecule has 6 nitrogen and oxygen atoms in total. The van der Waals surface area contributed by atoms with Crippen LogP contribution in [0.25, 0.3) is 6.08 Å². The van der Waals surface area contributed by atoms with E-state index in [2.05, 4.69) is 12.2 Å². The molecule has 1 fully saturated rings. The number of hydrogen-bond acceptors (Lipinski definition) is 4. The molecule has 2 rings (SSSR count). The zero-order valence-electron chi connectivity index (χ0n) is 15.3. The molecule has 0 spiro atoms. The van der Waals surface area contributed by atoms with Gasteiger partial charge in [0.05, 0.1) is 14.2 Å². The highest BCUT2D eigenvalue weighted by atomic mass is 16.5. The molecule has 1 N–H and O–H groups in total. The van der Waals surface area contributed by atoms with Crippen molar-refractivity contribution in [3.8, 4) is 11.5 Å². The summed E-state index contributed by atoms with van der Waals surface area (Å²) in [6, 6.07) is 5.35. The molecule has 0 radical (unpaired) electrons. The van der Waals surface area contributed by atoms with Gasteiger partial charge in [0, 0.05) is 20.0 Å². The number of carbonyl (C=O) groups is 2. The maximum absolute atomic E-state index is 12.8. The second kappa shape index (κ2) is 8.55. The first-order valence-corrected chi connectivity index (χ1v) is 8.45. The van der Waals surface area contributed by atoms with Crippen LogP contribution in [0, 0.1) is 5.92 Å².